The van der Waals surface area contributed by atoms with Gasteiger partial charge < -0.3 is 12.1 Å². The predicted molar refractivity (Wildman–Crippen MR) is 33.2 cm³/mol. The van der Waals surface area contributed by atoms with E-state index in [1.54, 1.807) is 0 Å². The molecule has 10 heavy (non-hydrogen) atoms. The van der Waals surface area contributed by atoms with Crippen LogP contribution in [0.15, 0.2) is 15.8 Å². The number of rotatable bonds is 0. The van der Waals surface area contributed by atoms with E-state index >= 15 is 0 Å². The molecule has 1 aromatic rings. The van der Waals surface area contributed by atoms with Gasteiger partial charge in [0.1, 0.15) is 5.69 Å². The summed E-state index contributed by atoms with van der Waals surface area (Å²) in [6.45, 7) is 0. The SMILES string of the molecule is Nc1c[nH]c(=O)[nH]c1=O.[H-].[Na+]. The maximum Gasteiger partial charge on any atom is 1.00 e. The number of hydrogen-bond acceptors (Lipinski definition) is 3. The summed E-state index contributed by atoms with van der Waals surface area (Å²) in [7, 11) is 0. The standard InChI is InChI=1S/C4H5N3O2.Na.H/c5-2-1-6-4(9)7-3(2)8;;/h1H,5H2,(H2,6,7,8,9);;/q;+1;-1. The van der Waals surface area contributed by atoms with Crippen molar-refractivity contribution in [2.75, 3.05) is 5.73 Å². The molecular formula is C4H6N3NaO2. The quantitative estimate of drug-likeness (QED) is 0.328. The first kappa shape index (κ1) is 9.48. The van der Waals surface area contributed by atoms with Gasteiger partial charge in [-0.15, -0.1) is 0 Å². The number of nitrogens with two attached hydrogens (primary N) is 1. The summed E-state index contributed by atoms with van der Waals surface area (Å²) in [4.78, 5) is 24.9. The van der Waals surface area contributed by atoms with Crippen molar-refractivity contribution in [2.45, 2.75) is 0 Å². The molecule has 4 N–H and O–H groups in total. The summed E-state index contributed by atoms with van der Waals surface area (Å²) in [6, 6.07) is 0. The molecule has 1 rings (SSSR count). The Morgan fingerprint density at radius 3 is 2.50 bits per heavy atom. The Morgan fingerprint density at radius 2 is 2.10 bits per heavy atom. The number of hydrogen-bond donors (Lipinski definition) is 3. The molecule has 0 unspecified atom stereocenters. The van der Waals surface area contributed by atoms with Crippen molar-refractivity contribution in [3.05, 3.63) is 27.0 Å². The first-order chi connectivity index (χ1) is 4.20. The molecule has 0 amide bonds. The zero-order chi connectivity index (χ0) is 6.85. The van der Waals surface area contributed by atoms with Crippen molar-refractivity contribution in [2.24, 2.45) is 0 Å². The summed E-state index contributed by atoms with van der Waals surface area (Å²) in [5, 5.41) is 0. The largest absolute Gasteiger partial charge is 1.00 e. The average Bonchev–Trinajstić information content (AvgIpc) is 1.80. The molecule has 0 aliphatic rings. The molecule has 0 radical (unpaired) electrons. The Bertz CT molecular complexity index is 320. The molecule has 0 atom stereocenters. The number of aromatic amines is 2. The minimum absolute atomic E-state index is 0. The molecule has 5 nitrogen and oxygen atoms in total. The monoisotopic (exact) mass is 151 g/mol. The maximum absolute atomic E-state index is 10.4. The molecule has 0 saturated heterocycles. The van der Waals surface area contributed by atoms with Crippen LogP contribution in [0.1, 0.15) is 1.43 Å². The van der Waals surface area contributed by atoms with Crippen molar-refractivity contribution >= 4 is 5.69 Å². The van der Waals surface area contributed by atoms with E-state index in [9.17, 15) is 9.59 Å². The van der Waals surface area contributed by atoms with Gasteiger partial charge in [-0.25, -0.2) is 4.79 Å². The Labute approximate surface area is 79.4 Å². The second-order valence-corrected chi connectivity index (χ2v) is 1.53. The van der Waals surface area contributed by atoms with Crippen molar-refractivity contribution in [1.29, 1.82) is 0 Å². The Kier molecular flexibility index (Phi) is 3.41. The summed E-state index contributed by atoms with van der Waals surface area (Å²) >= 11 is 0. The molecule has 1 heterocycles. The fraction of sp³-hybridized carbons (Fsp3) is 0. The van der Waals surface area contributed by atoms with E-state index in [1.165, 1.54) is 0 Å². The zero-order valence-corrected chi connectivity index (χ0v) is 7.47. The van der Waals surface area contributed by atoms with Crippen molar-refractivity contribution in [3.63, 3.8) is 0 Å². The molecule has 50 valence electrons. The third kappa shape index (κ3) is 2.02. The zero-order valence-electron chi connectivity index (χ0n) is 6.47. The van der Waals surface area contributed by atoms with E-state index in [4.69, 9.17) is 5.73 Å². The van der Waals surface area contributed by atoms with Crippen LogP contribution in [0.5, 0.6) is 0 Å². The van der Waals surface area contributed by atoms with Crippen LogP contribution in [-0.2, 0) is 0 Å². The second kappa shape index (κ2) is 3.60. The molecular weight excluding hydrogens is 145 g/mol. The van der Waals surface area contributed by atoms with Crippen molar-refractivity contribution in [3.8, 4) is 0 Å². The van der Waals surface area contributed by atoms with Crippen LogP contribution in [-0.4, -0.2) is 9.97 Å². The molecule has 0 spiro atoms. The molecule has 0 aromatic carbocycles. The number of nitrogen functional groups attached to an aromatic ring is 1. The normalized spacial score (nSPS) is 8.40. The van der Waals surface area contributed by atoms with Gasteiger partial charge in [0.25, 0.3) is 5.56 Å². The van der Waals surface area contributed by atoms with Crippen LogP contribution >= 0.6 is 0 Å². The molecule has 6 heteroatoms. The Hall–Kier alpha value is -0.520. The summed E-state index contributed by atoms with van der Waals surface area (Å²) in [5.41, 5.74) is 3.98. The van der Waals surface area contributed by atoms with Gasteiger partial charge in [0.15, 0.2) is 0 Å². The Balaban J connectivity index is 0. The van der Waals surface area contributed by atoms with E-state index in [-0.39, 0.29) is 36.7 Å². The predicted octanol–water partition coefficient (Wildman–Crippen LogP) is -4.24. The van der Waals surface area contributed by atoms with Crippen LogP contribution in [0, 0.1) is 0 Å². The third-order valence-electron chi connectivity index (χ3n) is 0.848. The molecule has 0 fully saturated rings. The number of anilines is 1. The summed E-state index contributed by atoms with van der Waals surface area (Å²) in [5.74, 6) is 0. The van der Waals surface area contributed by atoms with Crippen LogP contribution in [0.4, 0.5) is 5.69 Å². The number of aromatic nitrogens is 2. The fourth-order valence-electron chi connectivity index (χ4n) is 0.420. The van der Waals surface area contributed by atoms with Gasteiger partial charge in [-0.3, -0.25) is 9.78 Å². The number of nitrogens with one attached hydrogen (secondary N) is 2. The smallest absolute Gasteiger partial charge is 1.00 e. The van der Waals surface area contributed by atoms with Gasteiger partial charge in [0.2, 0.25) is 0 Å². The van der Waals surface area contributed by atoms with E-state index in [0.717, 1.165) is 6.20 Å². The van der Waals surface area contributed by atoms with Gasteiger partial charge in [0, 0.05) is 6.20 Å². The first-order valence-corrected chi connectivity index (χ1v) is 2.27. The summed E-state index contributed by atoms with van der Waals surface area (Å²) < 4.78 is 0. The van der Waals surface area contributed by atoms with Gasteiger partial charge in [-0.2, -0.15) is 0 Å². The van der Waals surface area contributed by atoms with Crippen LogP contribution in [0.3, 0.4) is 0 Å². The first-order valence-electron chi connectivity index (χ1n) is 2.27. The van der Waals surface area contributed by atoms with Crippen LogP contribution < -0.4 is 46.5 Å². The maximum atomic E-state index is 10.4. The Morgan fingerprint density at radius 1 is 1.50 bits per heavy atom. The number of H-pyrrole nitrogens is 2. The van der Waals surface area contributed by atoms with E-state index < -0.39 is 11.2 Å². The second-order valence-electron chi connectivity index (χ2n) is 1.53. The van der Waals surface area contributed by atoms with Gasteiger partial charge in [-0.1, -0.05) is 0 Å². The van der Waals surface area contributed by atoms with Crippen molar-refractivity contribution in [1.82, 2.24) is 9.97 Å². The van der Waals surface area contributed by atoms with Gasteiger partial charge in [-0.05, 0) is 0 Å². The summed E-state index contributed by atoms with van der Waals surface area (Å²) in [6.07, 6.45) is 1.15. The van der Waals surface area contributed by atoms with E-state index in [2.05, 4.69) is 4.98 Å². The van der Waals surface area contributed by atoms with Gasteiger partial charge >= 0.3 is 35.2 Å². The molecule has 0 saturated carbocycles. The molecule has 0 aliphatic carbocycles. The van der Waals surface area contributed by atoms with E-state index in [1.807, 2.05) is 4.98 Å². The third-order valence-corrected chi connectivity index (χ3v) is 0.848. The molecule has 0 aliphatic heterocycles. The molecule has 0 bridgehead atoms. The van der Waals surface area contributed by atoms with Crippen molar-refractivity contribution < 1.29 is 31.0 Å². The average molecular weight is 151 g/mol. The minimum Gasteiger partial charge on any atom is -1.00 e. The van der Waals surface area contributed by atoms with Crippen LogP contribution in [0.25, 0.3) is 0 Å². The van der Waals surface area contributed by atoms with Gasteiger partial charge in [0.05, 0.1) is 0 Å². The fourth-order valence-corrected chi connectivity index (χ4v) is 0.420. The van der Waals surface area contributed by atoms with E-state index in [0.29, 0.717) is 0 Å². The van der Waals surface area contributed by atoms with Crippen LogP contribution in [0.2, 0.25) is 0 Å². The molecule has 1 aromatic heterocycles. The topological polar surface area (TPSA) is 91.7 Å². The minimum atomic E-state index is -0.557.